The Balaban J connectivity index is 1.71. The number of benzene rings is 2. The third kappa shape index (κ3) is 3.13. The first-order valence-electron chi connectivity index (χ1n) is 7.21. The molecule has 0 atom stereocenters. The zero-order chi connectivity index (χ0) is 14.8. The second-order valence-corrected chi connectivity index (χ2v) is 6.57. The molecule has 2 nitrogen and oxygen atoms in total. The van der Waals surface area contributed by atoms with Crippen molar-refractivity contribution in [3.63, 3.8) is 0 Å². The maximum atomic E-state index is 10.9. The Morgan fingerprint density at radius 1 is 1.14 bits per heavy atom. The lowest BCUT2D eigenvalue weighted by Gasteiger charge is -2.08. The summed E-state index contributed by atoms with van der Waals surface area (Å²) in [5.74, 6) is 0.0146. The fraction of sp³-hybridized carbons (Fsp3) is 0.278. The normalized spacial score (nSPS) is 13.2. The monoisotopic (exact) mass is 298 g/mol. The van der Waals surface area contributed by atoms with Gasteiger partial charge in [0.05, 0.1) is 5.56 Å². The molecule has 0 saturated carbocycles. The van der Waals surface area contributed by atoms with Gasteiger partial charge in [0.2, 0.25) is 0 Å². The van der Waals surface area contributed by atoms with Crippen LogP contribution in [0.15, 0.2) is 41.3 Å². The summed E-state index contributed by atoms with van der Waals surface area (Å²) in [4.78, 5) is 12.3. The predicted octanol–water partition coefficient (Wildman–Crippen LogP) is 4.47. The molecule has 2 aromatic carbocycles. The molecule has 21 heavy (non-hydrogen) atoms. The van der Waals surface area contributed by atoms with Crippen molar-refractivity contribution in [2.45, 2.75) is 36.8 Å². The number of rotatable bonds is 4. The average Bonchev–Trinajstić information content (AvgIpc) is 2.93. The van der Waals surface area contributed by atoms with Crippen molar-refractivity contribution in [2.24, 2.45) is 0 Å². The van der Waals surface area contributed by atoms with Crippen molar-refractivity contribution in [1.82, 2.24) is 0 Å². The molecule has 0 aromatic heterocycles. The van der Waals surface area contributed by atoms with Crippen LogP contribution in [0.2, 0.25) is 0 Å². The molecule has 108 valence electrons. The zero-order valence-electron chi connectivity index (χ0n) is 12.1. The fourth-order valence-corrected chi connectivity index (χ4v) is 3.83. The molecule has 3 rings (SSSR count). The van der Waals surface area contributed by atoms with Gasteiger partial charge in [0.1, 0.15) is 0 Å². The molecule has 0 radical (unpaired) electrons. The van der Waals surface area contributed by atoms with Gasteiger partial charge in [-0.15, -0.1) is 11.8 Å². The molecule has 1 aliphatic carbocycles. The summed E-state index contributed by atoms with van der Waals surface area (Å²) in [6.07, 6.45) is 3.70. The number of aryl methyl sites for hydroxylation is 3. The van der Waals surface area contributed by atoms with Crippen LogP contribution >= 0.6 is 11.8 Å². The van der Waals surface area contributed by atoms with E-state index >= 15 is 0 Å². The predicted molar refractivity (Wildman–Crippen MR) is 86.2 cm³/mol. The number of hydrogen-bond donors (Lipinski definition) is 1. The van der Waals surface area contributed by atoms with E-state index in [0.717, 1.165) is 11.3 Å². The summed E-state index contributed by atoms with van der Waals surface area (Å²) in [6, 6.07) is 12.1. The summed E-state index contributed by atoms with van der Waals surface area (Å²) < 4.78 is 0. The lowest BCUT2D eigenvalue weighted by molar-refractivity contribution is 0.0697. The molecule has 1 aliphatic rings. The van der Waals surface area contributed by atoms with Crippen molar-refractivity contribution in [3.05, 3.63) is 64.2 Å². The topological polar surface area (TPSA) is 37.3 Å². The minimum atomic E-state index is -0.865. The van der Waals surface area contributed by atoms with Gasteiger partial charge in [-0.3, -0.25) is 0 Å². The zero-order valence-corrected chi connectivity index (χ0v) is 12.9. The first-order chi connectivity index (χ1) is 10.1. The first-order valence-corrected chi connectivity index (χ1v) is 8.19. The molecule has 0 spiro atoms. The second kappa shape index (κ2) is 5.94. The Labute approximate surface area is 129 Å². The van der Waals surface area contributed by atoms with Crippen LogP contribution in [0.3, 0.4) is 0 Å². The van der Waals surface area contributed by atoms with E-state index in [1.165, 1.54) is 40.8 Å². The molecule has 0 bridgehead atoms. The molecular weight excluding hydrogens is 280 g/mol. The van der Waals surface area contributed by atoms with E-state index in [0.29, 0.717) is 5.56 Å². The number of fused-ring (bicyclic) bond motifs is 1. The maximum Gasteiger partial charge on any atom is 0.335 e. The van der Waals surface area contributed by atoms with Gasteiger partial charge in [-0.25, -0.2) is 4.79 Å². The Bertz CT molecular complexity index is 692. The lowest BCUT2D eigenvalue weighted by atomic mass is 10.1. The number of carboxylic acid groups (broad SMARTS) is 1. The standard InChI is InChI=1S/C18H18O2S/c1-12-9-15(18(19)20)5-6-16(12)11-21-17-8-7-13-3-2-4-14(13)10-17/h5-10H,2-4,11H2,1H3,(H,19,20). The highest BCUT2D eigenvalue weighted by Crippen LogP contribution is 2.30. The summed E-state index contributed by atoms with van der Waals surface area (Å²) in [5.41, 5.74) is 5.60. The van der Waals surface area contributed by atoms with E-state index in [1.807, 2.05) is 24.8 Å². The van der Waals surface area contributed by atoms with E-state index in [4.69, 9.17) is 5.11 Å². The number of thioether (sulfide) groups is 1. The van der Waals surface area contributed by atoms with Gasteiger partial charge < -0.3 is 5.11 Å². The van der Waals surface area contributed by atoms with Crippen molar-refractivity contribution in [1.29, 1.82) is 0 Å². The molecule has 0 unspecified atom stereocenters. The summed E-state index contributed by atoms with van der Waals surface area (Å²) in [5, 5.41) is 8.99. The number of carbonyl (C=O) groups is 1. The molecule has 3 heteroatoms. The highest BCUT2D eigenvalue weighted by molar-refractivity contribution is 7.98. The highest BCUT2D eigenvalue weighted by atomic mass is 32.2. The first kappa shape index (κ1) is 14.2. The van der Waals surface area contributed by atoms with E-state index in [-0.39, 0.29) is 0 Å². The van der Waals surface area contributed by atoms with Crippen LogP contribution in [0.25, 0.3) is 0 Å². The van der Waals surface area contributed by atoms with Gasteiger partial charge >= 0.3 is 5.97 Å². The molecular formula is C18H18O2S. The highest BCUT2D eigenvalue weighted by Gasteiger charge is 2.11. The van der Waals surface area contributed by atoms with Crippen molar-refractivity contribution in [2.75, 3.05) is 0 Å². The van der Waals surface area contributed by atoms with Crippen LogP contribution < -0.4 is 0 Å². The van der Waals surface area contributed by atoms with Crippen LogP contribution in [0.5, 0.6) is 0 Å². The fourth-order valence-electron chi connectivity index (χ4n) is 2.79. The third-order valence-corrected chi connectivity index (χ3v) is 5.10. The van der Waals surface area contributed by atoms with Gasteiger partial charge in [0, 0.05) is 10.6 Å². The van der Waals surface area contributed by atoms with Gasteiger partial charge in [-0.2, -0.15) is 0 Å². The Hall–Kier alpha value is -1.74. The van der Waals surface area contributed by atoms with E-state index in [2.05, 4.69) is 18.2 Å². The number of hydrogen-bond acceptors (Lipinski definition) is 2. The van der Waals surface area contributed by atoms with Gasteiger partial charge in [-0.05, 0) is 72.7 Å². The average molecular weight is 298 g/mol. The Morgan fingerprint density at radius 2 is 1.95 bits per heavy atom. The van der Waals surface area contributed by atoms with Crippen molar-refractivity contribution in [3.8, 4) is 0 Å². The smallest absolute Gasteiger partial charge is 0.335 e. The van der Waals surface area contributed by atoms with Gasteiger partial charge in [0.15, 0.2) is 0 Å². The van der Waals surface area contributed by atoms with Gasteiger partial charge in [-0.1, -0.05) is 12.1 Å². The minimum absolute atomic E-state index is 0.360. The largest absolute Gasteiger partial charge is 0.478 e. The second-order valence-electron chi connectivity index (χ2n) is 5.52. The van der Waals surface area contributed by atoms with Crippen LogP contribution in [0, 0.1) is 6.92 Å². The van der Waals surface area contributed by atoms with E-state index < -0.39 is 5.97 Å². The molecule has 0 amide bonds. The molecule has 0 fully saturated rings. The van der Waals surface area contributed by atoms with Gasteiger partial charge in [0.25, 0.3) is 0 Å². The molecule has 0 heterocycles. The quantitative estimate of drug-likeness (QED) is 0.846. The number of carboxylic acids is 1. The molecule has 1 N–H and O–H groups in total. The van der Waals surface area contributed by atoms with Crippen LogP contribution in [0.1, 0.15) is 39.0 Å². The van der Waals surface area contributed by atoms with E-state index in [1.54, 1.807) is 12.1 Å². The van der Waals surface area contributed by atoms with Crippen LogP contribution in [0.4, 0.5) is 0 Å². The SMILES string of the molecule is Cc1cc(C(=O)O)ccc1CSc1ccc2c(c1)CCC2. The van der Waals surface area contributed by atoms with Crippen LogP contribution in [-0.2, 0) is 18.6 Å². The van der Waals surface area contributed by atoms with E-state index in [9.17, 15) is 4.79 Å². The molecule has 0 aliphatic heterocycles. The summed E-state index contributed by atoms with van der Waals surface area (Å²) in [7, 11) is 0. The summed E-state index contributed by atoms with van der Waals surface area (Å²) in [6.45, 7) is 1.98. The third-order valence-electron chi connectivity index (χ3n) is 4.05. The summed E-state index contributed by atoms with van der Waals surface area (Å²) >= 11 is 1.82. The minimum Gasteiger partial charge on any atom is -0.478 e. The van der Waals surface area contributed by atoms with Crippen molar-refractivity contribution < 1.29 is 9.90 Å². The molecule has 0 saturated heterocycles. The lowest BCUT2D eigenvalue weighted by Crippen LogP contribution is -1.98. The maximum absolute atomic E-state index is 10.9. The number of aromatic carboxylic acids is 1. The van der Waals surface area contributed by atoms with Crippen LogP contribution in [-0.4, -0.2) is 11.1 Å². The Kier molecular flexibility index (Phi) is 4.02. The Morgan fingerprint density at radius 3 is 2.71 bits per heavy atom. The molecule has 2 aromatic rings. The van der Waals surface area contributed by atoms with Crippen molar-refractivity contribution >= 4 is 17.7 Å².